The zero-order chi connectivity index (χ0) is 14.9. The average Bonchev–Trinajstić information content (AvgIpc) is 2.95. The van der Waals surface area contributed by atoms with Crippen molar-refractivity contribution in [3.8, 4) is 0 Å². The topological polar surface area (TPSA) is 90.1 Å². The first-order valence-electron chi connectivity index (χ1n) is 6.00. The number of carbonyl (C=O) groups excluding carboxylic acids is 1. The Morgan fingerprint density at radius 1 is 1.50 bits per heavy atom. The standard InChI is InChI=1S/C12H14N4O3S/c1-7(2)15-10(6-8(3)14-15)13-12(17)9-4-5-11(20-9)16(18)19/h4-7H,1-3H3,(H,13,17). The van der Waals surface area contributed by atoms with Gasteiger partial charge < -0.3 is 5.32 Å². The molecule has 0 aromatic carbocycles. The van der Waals surface area contributed by atoms with Gasteiger partial charge in [-0.3, -0.25) is 14.9 Å². The Kier molecular flexibility index (Phi) is 3.84. The van der Waals surface area contributed by atoms with Crippen LogP contribution in [0.15, 0.2) is 18.2 Å². The number of anilines is 1. The predicted molar refractivity (Wildman–Crippen MR) is 76.3 cm³/mol. The molecule has 0 bridgehead atoms. The number of nitrogens with one attached hydrogen (secondary N) is 1. The highest BCUT2D eigenvalue weighted by Gasteiger charge is 2.17. The number of rotatable bonds is 4. The van der Waals surface area contributed by atoms with E-state index in [2.05, 4.69) is 10.4 Å². The van der Waals surface area contributed by atoms with Gasteiger partial charge in [-0.1, -0.05) is 11.3 Å². The third kappa shape index (κ3) is 2.85. The lowest BCUT2D eigenvalue weighted by Crippen LogP contribution is -2.15. The molecule has 0 spiro atoms. The molecule has 0 aliphatic rings. The first kappa shape index (κ1) is 14.2. The lowest BCUT2D eigenvalue weighted by Gasteiger charge is -2.10. The lowest BCUT2D eigenvalue weighted by atomic mass is 10.4. The van der Waals surface area contributed by atoms with E-state index >= 15 is 0 Å². The van der Waals surface area contributed by atoms with Crippen LogP contribution in [-0.4, -0.2) is 20.6 Å². The van der Waals surface area contributed by atoms with Gasteiger partial charge in [-0.2, -0.15) is 5.10 Å². The molecule has 0 radical (unpaired) electrons. The molecule has 7 nitrogen and oxygen atoms in total. The van der Waals surface area contributed by atoms with Crippen LogP contribution in [0.1, 0.15) is 35.3 Å². The number of aromatic nitrogens is 2. The molecule has 0 atom stereocenters. The van der Waals surface area contributed by atoms with Gasteiger partial charge in [-0.05, 0) is 26.8 Å². The molecular weight excluding hydrogens is 280 g/mol. The highest BCUT2D eigenvalue weighted by molar-refractivity contribution is 7.17. The highest BCUT2D eigenvalue weighted by Crippen LogP contribution is 2.25. The summed E-state index contributed by atoms with van der Waals surface area (Å²) in [6.45, 7) is 5.75. The largest absolute Gasteiger partial charge is 0.324 e. The Bertz CT molecular complexity index is 659. The molecule has 1 amide bonds. The van der Waals surface area contributed by atoms with Crippen molar-refractivity contribution < 1.29 is 9.72 Å². The summed E-state index contributed by atoms with van der Waals surface area (Å²) in [6, 6.07) is 4.64. The lowest BCUT2D eigenvalue weighted by molar-refractivity contribution is -0.380. The summed E-state index contributed by atoms with van der Waals surface area (Å²) < 4.78 is 1.70. The summed E-state index contributed by atoms with van der Waals surface area (Å²) in [4.78, 5) is 22.5. The molecule has 20 heavy (non-hydrogen) atoms. The Hall–Kier alpha value is -2.22. The number of hydrogen-bond donors (Lipinski definition) is 1. The van der Waals surface area contributed by atoms with Gasteiger partial charge in [0, 0.05) is 18.2 Å². The highest BCUT2D eigenvalue weighted by atomic mass is 32.1. The molecule has 0 aliphatic carbocycles. The minimum Gasteiger partial charge on any atom is -0.306 e. The van der Waals surface area contributed by atoms with Crippen molar-refractivity contribution in [3.63, 3.8) is 0 Å². The molecule has 0 fully saturated rings. The number of aryl methyl sites for hydroxylation is 1. The van der Waals surface area contributed by atoms with E-state index < -0.39 is 4.92 Å². The van der Waals surface area contributed by atoms with Crippen LogP contribution in [0.2, 0.25) is 0 Å². The predicted octanol–water partition coefficient (Wildman–Crippen LogP) is 2.99. The second kappa shape index (κ2) is 5.41. The monoisotopic (exact) mass is 294 g/mol. The number of nitrogens with zero attached hydrogens (tertiary/aromatic N) is 3. The molecule has 0 unspecified atom stereocenters. The molecule has 2 rings (SSSR count). The zero-order valence-electron chi connectivity index (χ0n) is 11.3. The van der Waals surface area contributed by atoms with Crippen molar-refractivity contribution in [2.75, 3.05) is 5.32 Å². The van der Waals surface area contributed by atoms with Crippen molar-refractivity contribution in [2.24, 2.45) is 0 Å². The summed E-state index contributed by atoms with van der Waals surface area (Å²) >= 11 is 0.849. The number of carbonyl (C=O) groups is 1. The summed E-state index contributed by atoms with van der Waals surface area (Å²) in [7, 11) is 0. The van der Waals surface area contributed by atoms with Gasteiger partial charge in [0.2, 0.25) is 0 Å². The van der Waals surface area contributed by atoms with Crippen LogP contribution in [0.4, 0.5) is 10.8 Å². The van der Waals surface area contributed by atoms with E-state index in [0.29, 0.717) is 10.7 Å². The molecule has 0 aliphatic heterocycles. The Balaban J connectivity index is 2.21. The summed E-state index contributed by atoms with van der Waals surface area (Å²) in [5.41, 5.74) is 0.797. The minimum absolute atomic E-state index is 0.0521. The van der Waals surface area contributed by atoms with Gasteiger partial charge in [-0.25, -0.2) is 4.68 Å². The maximum atomic E-state index is 12.1. The SMILES string of the molecule is Cc1cc(NC(=O)c2ccc([N+](=O)[O-])s2)n(C(C)C)n1. The number of nitro groups is 1. The second-order valence-electron chi connectivity index (χ2n) is 4.56. The quantitative estimate of drug-likeness (QED) is 0.693. The maximum absolute atomic E-state index is 12.1. The fraction of sp³-hybridized carbons (Fsp3) is 0.333. The van der Waals surface area contributed by atoms with Gasteiger partial charge in [-0.15, -0.1) is 0 Å². The normalized spacial score (nSPS) is 10.8. The summed E-state index contributed by atoms with van der Waals surface area (Å²) in [5, 5.41) is 17.6. The molecule has 2 aromatic rings. The van der Waals surface area contributed by atoms with Crippen LogP contribution in [0.3, 0.4) is 0 Å². The van der Waals surface area contributed by atoms with Crippen molar-refractivity contribution in [1.82, 2.24) is 9.78 Å². The molecule has 0 saturated heterocycles. The average molecular weight is 294 g/mol. The Morgan fingerprint density at radius 3 is 2.75 bits per heavy atom. The first-order valence-corrected chi connectivity index (χ1v) is 6.82. The van der Waals surface area contributed by atoms with Crippen LogP contribution in [0.25, 0.3) is 0 Å². The molecule has 0 saturated carbocycles. The Labute approximate surface area is 119 Å². The van der Waals surface area contributed by atoms with E-state index in [-0.39, 0.29) is 17.0 Å². The van der Waals surface area contributed by atoms with Crippen LogP contribution in [-0.2, 0) is 0 Å². The van der Waals surface area contributed by atoms with Gasteiger partial charge >= 0.3 is 5.00 Å². The van der Waals surface area contributed by atoms with Crippen molar-refractivity contribution in [3.05, 3.63) is 38.9 Å². The van der Waals surface area contributed by atoms with Crippen LogP contribution < -0.4 is 5.32 Å². The van der Waals surface area contributed by atoms with E-state index in [4.69, 9.17) is 0 Å². The third-order valence-electron chi connectivity index (χ3n) is 2.58. The zero-order valence-corrected chi connectivity index (χ0v) is 12.1. The van der Waals surface area contributed by atoms with E-state index in [1.54, 1.807) is 10.7 Å². The smallest absolute Gasteiger partial charge is 0.306 e. The molecule has 1 N–H and O–H groups in total. The van der Waals surface area contributed by atoms with Crippen molar-refractivity contribution in [1.29, 1.82) is 0 Å². The molecule has 2 heterocycles. The van der Waals surface area contributed by atoms with Crippen LogP contribution >= 0.6 is 11.3 Å². The minimum atomic E-state index is -0.510. The fourth-order valence-electron chi connectivity index (χ4n) is 1.73. The van der Waals surface area contributed by atoms with E-state index in [1.165, 1.54) is 12.1 Å². The van der Waals surface area contributed by atoms with E-state index in [0.717, 1.165) is 17.0 Å². The van der Waals surface area contributed by atoms with Crippen LogP contribution in [0.5, 0.6) is 0 Å². The molecule has 8 heteroatoms. The third-order valence-corrected chi connectivity index (χ3v) is 3.62. The molecule has 2 aromatic heterocycles. The maximum Gasteiger partial charge on any atom is 0.324 e. The molecule has 106 valence electrons. The van der Waals surface area contributed by atoms with E-state index in [1.807, 2.05) is 20.8 Å². The van der Waals surface area contributed by atoms with Gasteiger partial charge in [0.25, 0.3) is 5.91 Å². The number of amides is 1. The number of thiophene rings is 1. The Morgan fingerprint density at radius 2 is 2.20 bits per heavy atom. The second-order valence-corrected chi connectivity index (χ2v) is 5.62. The number of hydrogen-bond acceptors (Lipinski definition) is 5. The van der Waals surface area contributed by atoms with Gasteiger partial charge in [0.05, 0.1) is 15.5 Å². The van der Waals surface area contributed by atoms with Gasteiger partial charge in [0.15, 0.2) is 0 Å². The van der Waals surface area contributed by atoms with Crippen molar-refractivity contribution in [2.45, 2.75) is 26.8 Å². The van der Waals surface area contributed by atoms with Crippen molar-refractivity contribution >= 4 is 28.1 Å². The summed E-state index contributed by atoms with van der Waals surface area (Å²) in [6.07, 6.45) is 0. The fourth-order valence-corrected chi connectivity index (χ4v) is 2.45. The molecular formula is C12H14N4O3S. The van der Waals surface area contributed by atoms with Crippen LogP contribution in [0, 0.1) is 17.0 Å². The van der Waals surface area contributed by atoms with E-state index in [9.17, 15) is 14.9 Å². The first-order chi connectivity index (χ1) is 9.38. The summed E-state index contributed by atoms with van der Waals surface area (Å²) in [5.74, 6) is 0.212. The van der Waals surface area contributed by atoms with Gasteiger partial charge in [0.1, 0.15) is 5.82 Å².